The summed E-state index contributed by atoms with van der Waals surface area (Å²) in [4.78, 5) is 0. The van der Waals surface area contributed by atoms with Crippen molar-refractivity contribution in [3.63, 3.8) is 0 Å². The summed E-state index contributed by atoms with van der Waals surface area (Å²) in [5.74, 6) is 0.690. The highest BCUT2D eigenvalue weighted by Crippen LogP contribution is 2.26. The molecule has 0 bridgehead atoms. The zero-order valence-corrected chi connectivity index (χ0v) is 12.0. The minimum atomic E-state index is -3.28. The lowest BCUT2D eigenvalue weighted by molar-refractivity contribution is 0.416. The molecular formula is C13H21NO3S. The second-order valence-corrected chi connectivity index (χ2v) is 6.00. The first-order chi connectivity index (χ1) is 8.52. The minimum Gasteiger partial charge on any atom is -0.495 e. The molecule has 4 nitrogen and oxygen atoms in total. The van der Waals surface area contributed by atoms with E-state index in [1.165, 1.54) is 7.11 Å². The molecule has 0 aliphatic heterocycles. The quantitative estimate of drug-likeness (QED) is 0.829. The molecule has 102 valence electrons. The van der Waals surface area contributed by atoms with E-state index in [1.54, 1.807) is 6.07 Å². The number of nitrogens with one attached hydrogen (secondary N) is 1. The molecule has 0 spiro atoms. The van der Waals surface area contributed by atoms with Gasteiger partial charge in [0.1, 0.15) is 5.75 Å². The van der Waals surface area contributed by atoms with E-state index in [1.807, 2.05) is 26.0 Å². The zero-order chi connectivity index (χ0) is 13.6. The number of sulfonamides is 1. The summed E-state index contributed by atoms with van der Waals surface area (Å²) in [6, 6.07) is 5.54. The number of rotatable bonds is 7. The van der Waals surface area contributed by atoms with Crippen LogP contribution < -0.4 is 9.46 Å². The van der Waals surface area contributed by atoms with Crippen molar-refractivity contribution in [2.45, 2.75) is 33.1 Å². The van der Waals surface area contributed by atoms with Crippen LogP contribution in [0.2, 0.25) is 0 Å². The molecule has 1 aromatic rings. The van der Waals surface area contributed by atoms with Crippen LogP contribution in [-0.2, 0) is 16.4 Å². The van der Waals surface area contributed by atoms with Gasteiger partial charge in [0.05, 0.1) is 18.6 Å². The van der Waals surface area contributed by atoms with Crippen LogP contribution >= 0.6 is 0 Å². The number of benzene rings is 1. The number of aryl methyl sites for hydroxylation is 1. The number of hydrogen-bond donors (Lipinski definition) is 1. The van der Waals surface area contributed by atoms with Gasteiger partial charge in [-0.05, 0) is 30.5 Å². The summed E-state index contributed by atoms with van der Waals surface area (Å²) in [6.45, 7) is 3.99. The zero-order valence-electron chi connectivity index (χ0n) is 11.2. The fourth-order valence-electron chi connectivity index (χ4n) is 1.61. The summed E-state index contributed by atoms with van der Waals surface area (Å²) in [6.07, 6.45) is 2.37. The van der Waals surface area contributed by atoms with E-state index in [2.05, 4.69) is 4.72 Å². The van der Waals surface area contributed by atoms with Crippen LogP contribution in [0.3, 0.4) is 0 Å². The summed E-state index contributed by atoms with van der Waals surface area (Å²) in [7, 11) is -1.75. The molecule has 0 saturated carbocycles. The van der Waals surface area contributed by atoms with Crippen molar-refractivity contribution < 1.29 is 13.2 Å². The van der Waals surface area contributed by atoms with Crippen molar-refractivity contribution >= 4 is 15.7 Å². The van der Waals surface area contributed by atoms with Gasteiger partial charge in [-0.3, -0.25) is 4.72 Å². The highest BCUT2D eigenvalue weighted by molar-refractivity contribution is 7.92. The normalized spacial score (nSPS) is 11.3. The van der Waals surface area contributed by atoms with Crippen LogP contribution in [0.1, 0.15) is 32.3 Å². The number of ether oxygens (including phenoxy) is 1. The van der Waals surface area contributed by atoms with Gasteiger partial charge in [-0.1, -0.05) is 26.3 Å². The minimum absolute atomic E-state index is 0.142. The summed E-state index contributed by atoms with van der Waals surface area (Å²) in [5, 5.41) is 0. The fraction of sp³-hybridized carbons (Fsp3) is 0.538. The smallest absolute Gasteiger partial charge is 0.232 e. The third kappa shape index (κ3) is 4.22. The maximum atomic E-state index is 11.9. The third-order valence-electron chi connectivity index (χ3n) is 2.70. The predicted octanol–water partition coefficient (Wildman–Crippen LogP) is 2.80. The molecule has 0 amide bonds. The Hall–Kier alpha value is -1.23. The molecule has 0 atom stereocenters. The van der Waals surface area contributed by atoms with E-state index in [0.29, 0.717) is 17.9 Å². The molecule has 0 heterocycles. The van der Waals surface area contributed by atoms with E-state index in [-0.39, 0.29) is 5.75 Å². The van der Waals surface area contributed by atoms with Crippen LogP contribution in [-0.4, -0.2) is 21.3 Å². The molecule has 18 heavy (non-hydrogen) atoms. The lowest BCUT2D eigenvalue weighted by atomic mass is 10.1. The largest absolute Gasteiger partial charge is 0.495 e. The molecule has 0 aliphatic carbocycles. The molecule has 0 fully saturated rings. The Morgan fingerprint density at radius 2 is 2.00 bits per heavy atom. The van der Waals surface area contributed by atoms with Gasteiger partial charge in [-0.25, -0.2) is 8.42 Å². The van der Waals surface area contributed by atoms with Crippen LogP contribution in [0, 0.1) is 0 Å². The molecule has 1 rings (SSSR count). The molecule has 0 radical (unpaired) electrons. The first-order valence-corrected chi connectivity index (χ1v) is 7.85. The molecule has 0 unspecified atom stereocenters. The second-order valence-electron chi connectivity index (χ2n) is 4.16. The number of methoxy groups -OCH3 is 1. The van der Waals surface area contributed by atoms with Crippen molar-refractivity contribution in [2.75, 3.05) is 17.6 Å². The molecule has 5 heteroatoms. The summed E-state index contributed by atoms with van der Waals surface area (Å²) in [5.41, 5.74) is 1.59. The molecule has 0 saturated heterocycles. The van der Waals surface area contributed by atoms with Crippen LogP contribution in [0.15, 0.2) is 18.2 Å². The molecule has 1 aromatic carbocycles. The van der Waals surface area contributed by atoms with Gasteiger partial charge in [-0.2, -0.15) is 0 Å². The van der Waals surface area contributed by atoms with E-state index in [4.69, 9.17) is 4.74 Å². The SMILES string of the molecule is CCCCS(=O)(=O)Nc1cc(CC)ccc1OC. The number of hydrogen-bond acceptors (Lipinski definition) is 3. The molecule has 1 N–H and O–H groups in total. The molecular weight excluding hydrogens is 250 g/mol. The highest BCUT2D eigenvalue weighted by Gasteiger charge is 2.13. The van der Waals surface area contributed by atoms with Crippen molar-refractivity contribution in [3.8, 4) is 5.75 Å². The Morgan fingerprint density at radius 1 is 1.28 bits per heavy atom. The van der Waals surface area contributed by atoms with Crippen molar-refractivity contribution in [1.29, 1.82) is 0 Å². The van der Waals surface area contributed by atoms with Crippen molar-refractivity contribution in [1.82, 2.24) is 0 Å². The molecule has 0 aliphatic rings. The average molecular weight is 271 g/mol. The second kappa shape index (κ2) is 6.64. The van der Waals surface area contributed by atoms with E-state index in [9.17, 15) is 8.42 Å². The highest BCUT2D eigenvalue weighted by atomic mass is 32.2. The monoisotopic (exact) mass is 271 g/mol. The van der Waals surface area contributed by atoms with Gasteiger partial charge in [0.15, 0.2) is 0 Å². The van der Waals surface area contributed by atoms with Gasteiger partial charge in [0.2, 0.25) is 10.0 Å². The van der Waals surface area contributed by atoms with Gasteiger partial charge in [0, 0.05) is 0 Å². The van der Waals surface area contributed by atoms with Crippen molar-refractivity contribution in [3.05, 3.63) is 23.8 Å². The Morgan fingerprint density at radius 3 is 2.56 bits per heavy atom. The maximum Gasteiger partial charge on any atom is 0.232 e. The van der Waals surface area contributed by atoms with E-state index >= 15 is 0 Å². The number of anilines is 1. The maximum absolute atomic E-state index is 11.9. The van der Waals surface area contributed by atoms with Crippen LogP contribution in [0.4, 0.5) is 5.69 Å². The average Bonchev–Trinajstić information content (AvgIpc) is 2.36. The number of unbranched alkanes of at least 4 members (excludes halogenated alkanes) is 1. The topological polar surface area (TPSA) is 55.4 Å². The van der Waals surface area contributed by atoms with E-state index in [0.717, 1.165) is 18.4 Å². The first-order valence-electron chi connectivity index (χ1n) is 6.19. The van der Waals surface area contributed by atoms with E-state index < -0.39 is 10.0 Å². The Bertz CT molecular complexity index is 483. The molecule has 0 aromatic heterocycles. The van der Waals surface area contributed by atoms with Gasteiger partial charge in [-0.15, -0.1) is 0 Å². The van der Waals surface area contributed by atoms with Crippen LogP contribution in [0.25, 0.3) is 0 Å². The lowest BCUT2D eigenvalue weighted by Gasteiger charge is -2.12. The Labute approximate surface area is 109 Å². The Balaban J connectivity index is 2.94. The predicted molar refractivity (Wildman–Crippen MR) is 74.7 cm³/mol. The van der Waals surface area contributed by atoms with Gasteiger partial charge in [0.25, 0.3) is 0 Å². The van der Waals surface area contributed by atoms with Gasteiger partial charge < -0.3 is 4.74 Å². The lowest BCUT2D eigenvalue weighted by Crippen LogP contribution is -2.17. The fourth-order valence-corrected chi connectivity index (χ4v) is 2.87. The van der Waals surface area contributed by atoms with Crippen molar-refractivity contribution in [2.24, 2.45) is 0 Å². The van der Waals surface area contributed by atoms with Crippen LogP contribution in [0.5, 0.6) is 5.75 Å². The summed E-state index contributed by atoms with van der Waals surface area (Å²) >= 11 is 0. The first kappa shape index (κ1) is 14.8. The third-order valence-corrected chi connectivity index (χ3v) is 4.06. The summed E-state index contributed by atoms with van der Waals surface area (Å²) < 4.78 is 31.5. The standard InChI is InChI=1S/C13H21NO3S/c1-4-6-9-18(15,16)14-12-10-11(5-2)7-8-13(12)17-3/h7-8,10,14H,4-6,9H2,1-3H3. The Kier molecular flexibility index (Phi) is 5.47. The van der Waals surface area contributed by atoms with Gasteiger partial charge >= 0.3 is 0 Å².